The third-order valence-electron chi connectivity index (χ3n) is 5.94. The van der Waals surface area contributed by atoms with E-state index in [9.17, 15) is 19.2 Å². The standard InChI is InChI=1S/C28H27N3O5S/c1-3-18-7-4-6-17(2)26(18)30-24(32)16-36-28(35)19-10-12-21(13-11-19)31-25(33)15-23(27(31)34)37-22-9-5-8-20(29)14-22/h4-14,23H,3,15-16,29H2,1-2H3,(H,30,32). The second kappa shape index (κ2) is 11.3. The van der Waals surface area contributed by atoms with Gasteiger partial charge < -0.3 is 15.8 Å². The van der Waals surface area contributed by atoms with Gasteiger partial charge in [-0.2, -0.15) is 0 Å². The molecule has 4 rings (SSSR count). The third kappa shape index (κ3) is 6.00. The van der Waals surface area contributed by atoms with Gasteiger partial charge in [-0.05, 0) is 66.9 Å². The van der Waals surface area contributed by atoms with E-state index in [4.69, 9.17) is 10.5 Å². The van der Waals surface area contributed by atoms with E-state index in [1.807, 2.05) is 38.1 Å². The first kappa shape index (κ1) is 26.0. The minimum Gasteiger partial charge on any atom is -0.452 e. The van der Waals surface area contributed by atoms with Crippen molar-refractivity contribution in [3.8, 4) is 0 Å². The molecule has 0 aromatic heterocycles. The van der Waals surface area contributed by atoms with Crippen LogP contribution in [-0.4, -0.2) is 35.5 Å². The number of aryl methyl sites for hydroxylation is 2. The molecule has 0 radical (unpaired) electrons. The van der Waals surface area contributed by atoms with Crippen molar-refractivity contribution in [2.45, 2.75) is 36.8 Å². The van der Waals surface area contributed by atoms with Crippen LogP contribution in [0.2, 0.25) is 0 Å². The maximum Gasteiger partial charge on any atom is 0.338 e. The monoisotopic (exact) mass is 517 g/mol. The van der Waals surface area contributed by atoms with Crippen LogP contribution in [0, 0.1) is 6.92 Å². The average molecular weight is 518 g/mol. The molecule has 3 N–H and O–H groups in total. The Morgan fingerprint density at radius 3 is 2.51 bits per heavy atom. The number of carbonyl (C=O) groups excluding carboxylic acids is 4. The van der Waals surface area contributed by atoms with Gasteiger partial charge in [0.15, 0.2) is 6.61 Å². The molecule has 1 saturated heterocycles. The van der Waals surface area contributed by atoms with Gasteiger partial charge in [0, 0.05) is 22.7 Å². The van der Waals surface area contributed by atoms with Gasteiger partial charge >= 0.3 is 5.97 Å². The SMILES string of the molecule is CCc1cccc(C)c1NC(=O)COC(=O)c1ccc(N2C(=O)CC(Sc3cccc(N)c3)C2=O)cc1. The van der Waals surface area contributed by atoms with Crippen LogP contribution in [0.15, 0.2) is 71.6 Å². The molecule has 0 spiro atoms. The van der Waals surface area contributed by atoms with E-state index in [2.05, 4.69) is 5.32 Å². The van der Waals surface area contributed by atoms with Crippen molar-refractivity contribution in [3.63, 3.8) is 0 Å². The number of hydrogen-bond acceptors (Lipinski definition) is 7. The lowest BCUT2D eigenvalue weighted by Crippen LogP contribution is -2.31. The first-order valence-electron chi connectivity index (χ1n) is 11.8. The molecule has 37 heavy (non-hydrogen) atoms. The molecule has 3 aromatic carbocycles. The lowest BCUT2D eigenvalue weighted by molar-refractivity contribution is -0.121. The number of hydrogen-bond donors (Lipinski definition) is 2. The van der Waals surface area contributed by atoms with Crippen molar-refractivity contribution in [1.82, 2.24) is 0 Å². The number of imide groups is 1. The molecule has 1 atom stereocenters. The fourth-order valence-corrected chi connectivity index (χ4v) is 5.18. The summed E-state index contributed by atoms with van der Waals surface area (Å²) in [7, 11) is 0. The highest BCUT2D eigenvalue weighted by atomic mass is 32.2. The van der Waals surface area contributed by atoms with Gasteiger partial charge in [0.2, 0.25) is 11.8 Å². The largest absolute Gasteiger partial charge is 0.452 e. The number of ether oxygens (including phenoxy) is 1. The number of anilines is 3. The maximum absolute atomic E-state index is 12.9. The molecule has 1 unspecified atom stereocenters. The number of nitrogens with zero attached hydrogens (tertiary/aromatic N) is 1. The molecule has 0 bridgehead atoms. The molecular formula is C28H27N3O5S. The Bertz CT molecular complexity index is 1360. The Morgan fingerprint density at radius 1 is 1.08 bits per heavy atom. The molecular weight excluding hydrogens is 490 g/mol. The van der Waals surface area contributed by atoms with Crippen molar-refractivity contribution in [3.05, 3.63) is 83.4 Å². The predicted octanol–water partition coefficient (Wildman–Crippen LogP) is 4.36. The second-order valence-corrected chi connectivity index (χ2v) is 9.86. The summed E-state index contributed by atoms with van der Waals surface area (Å²) in [5.74, 6) is -1.77. The normalized spacial score (nSPS) is 15.1. The first-order valence-corrected chi connectivity index (χ1v) is 12.7. The third-order valence-corrected chi connectivity index (χ3v) is 7.12. The fraction of sp³-hybridized carbons (Fsp3) is 0.214. The maximum atomic E-state index is 12.9. The van der Waals surface area contributed by atoms with Crippen molar-refractivity contribution in [2.75, 3.05) is 22.6 Å². The van der Waals surface area contributed by atoms with E-state index in [0.29, 0.717) is 11.4 Å². The summed E-state index contributed by atoms with van der Waals surface area (Å²) in [4.78, 5) is 52.3. The van der Waals surface area contributed by atoms with Crippen LogP contribution in [-0.2, 0) is 25.5 Å². The van der Waals surface area contributed by atoms with Crippen molar-refractivity contribution < 1.29 is 23.9 Å². The lowest BCUT2D eigenvalue weighted by Gasteiger charge is -2.15. The number of rotatable bonds is 8. The molecule has 3 aromatic rings. The Labute approximate surface area is 219 Å². The highest BCUT2D eigenvalue weighted by molar-refractivity contribution is 8.00. The summed E-state index contributed by atoms with van der Waals surface area (Å²) >= 11 is 1.29. The molecule has 1 fully saturated rings. The zero-order chi connectivity index (χ0) is 26.5. The molecule has 9 heteroatoms. The summed E-state index contributed by atoms with van der Waals surface area (Å²) in [5, 5.41) is 2.25. The van der Waals surface area contributed by atoms with E-state index in [1.54, 1.807) is 18.2 Å². The first-order chi connectivity index (χ1) is 17.8. The van der Waals surface area contributed by atoms with Crippen molar-refractivity contribution >= 4 is 52.5 Å². The number of nitrogens with two attached hydrogens (primary N) is 1. The van der Waals surface area contributed by atoms with E-state index < -0.39 is 23.7 Å². The average Bonchev–Trinajstić information content (AvgIpc) is 3.16. The smallest absolute Gasteiger partial charge is 0.338 e. The van der Waals surface area contributed by atoms with E-state index in [1.165, 1.54) is 36.0 Å². The number of amides is 3. The molecule has 1 heterocycles. The molecule has 1 aliphatic rings. The van der Waals surface area contributed by atoms with Crippen molar-refractivity contribution in [1.29, 1.82) is 0 Å². The second-order valence-electron chi connectivity index (χ2n) is 8.58. The number of esters is 1. The van der Waals surface area contributed by atoms with Crippen LogP contribution >= 0.6 is 11.8 Å². The topological polar surface area (TPSA) is 119 Å². The van der Waals surface area contributed by atoms with E-state index in [-0.39, 0.29) is 23.8 Å². The Morgan fingerprint density at radius 2 is 1.81 bits per heavy atom. The summed E-state index contributed by atoms with van der Waals surface area (Å²) in [6.45, 7) is 3.46. The van der Waals surface area contributed by atoms with Crippen LogP contribution in [0.25, 0.3) is 0 Å². The summed E-state index contributed by atoms with van der Waals surface area (Å²) in [5.41, 5.74) is 9.60. The van der Waals surface area contributed by atoms with E-state index in [0.717, 1.165) is 33.0 Å². The van der Waals surface area contributed by atoms with Gasteiger partial charge in [0.05, 0.1) is 16.5 Å². The molecule has 190 valence electrons. The molecule has 0 aliphatic carbocycles. The Balaban J connectivity index is 1.35. The number of thioether (sulfide) groups is 1. The number of nitrogens with one attached hydrogen (secondary N) is 1. The quantitative estimate of drug-likeness (QED) is 0.259. The zero-order valence-corrected chi connectivity index (χ0v) is 21.3. The Kier molecular flexibility index (Phi) is 7.93. The summed E-state index contributed by atoms with van der Waals surface area (Å²) in [6.07, 6.45) is 0.823. The van der Waals surface area contributed by atoms with Gasteiger partial charge in [-0.1, -0.05) is 31.2 Å². The predicted molar refractivity (Wildman–Crippen MR) is 144 cm³/mol. The number of carbonyl (C=O) groups is 4. The Hall–Kier alpha value is -4.11. The number of benzene rings is 3. The van der Waals surface area contributed by atoms with E-state index >= 15 is 0 Å². The van der Waals surface area contributed by atoms with Gasteiger partial charge in [0.25, 0.3) is 5.91 Å². The minimum absolute atomic E-state index is 0.0673. The van der Waals surface area contributed by atoms with Crippen LogP contribution in [0.5, 0.6) is 0 Å². The summed E-state index contributed by atoms with van der Waals surface area (Å²) in [6, 6.07) is 18.9. The van der Waals surface area contributed by atoms with Crippen LogP contribution < -0.4 is 16.0 Å². The van der Waals surface area contributed by atoms with Gasteiger partial charge in [-0.3, -0.25) is 14.4 Å². The highest BCUT2D eigenvalue weighted by Crippen LogP contribution is 2.34. The fourth-order valence-electron chi connectivity index (χ4n) is 4.06. The van der Waals surface area contributed by atoms with Gasteiger partial charge in [-0.25, -0.2) is 9.69 Å². The minimum atomic E-state index is -0.684. The van der Waals surface area contributed by atoms with Gasteiger partial charge in [-0.15, -0.1) is 11.8 Å². The van der Waals surface area contributed by atoms with Crippen LogP contribution in [0.3, 0.4) is 0 Å². The van der Waals surface area contributed by atoms with Crippen LogP contribution in [0.1, 0.15) is 34.8 Å². The molecule has 0 saturated carbocycles. The highest BCUT2D eigenvalue weighted by Gasteiger charge is 2.40. The number of para-hydroxylation sites is 1. The molecule has 1 aliphatic heterocycles. The zero-order valence-electron chi connectivity index (χ0n) is 20.5. The lowest BCUT2D eigenvalue weighted by atomic mass is 10.1. The van der Waals surface area contributed by atoms with Crippen LogP contribution in [0.4, 0.5) is 17.1 Å². The number of nitrogen functional groups attached to an aromatic ring is 1. The molecule has 3 amide bonds. The van der Waals surface area contributed by atoms with Gasteiger partial charge in [0.1, 0.15) is 0 Å². The summed E-state index contributed by atoms with van der Waals surface area (Å²) < 4.78 is 5.16. The molecule has 8 nitrogen and oxygen atoms in total. The van der Waals surface area contributed by atoms with Crippen molar-refractivity contribution in [2.24, 2.45) is 0 Å².